The number of hydrogen-bond acceptors (Lipinski definition) is 3. The Kier molecular flexibility index (Phi) is 7.04. The van der Waals surface area contributed by atoms with Crippen LogP contribution in [-0.4, -0.2) is 4.57 Å². The van der Waals surface area contributed by atoms with Crippen molar-refractivity contribution in [2.45, 2.75) is 0 Å². The van der Waals surface area contributed by atoms with Crippen molar-refractivity contribution in [3.8, 4) is 27.9 Å². The Bertz CT molecular complexity index is 3140. The predicted molar refractivity (Wildman–Crippen MR) is 229 cm³/mol. The summed E-state index contributed by atoms with van der Waals surface area (Å²) < 4.78 is 10.3. The van der Waals surface area contributed by atoms with Crippen LogP contribution in [0, 0.1) is 0 Å². The van der Waals surface area contributed by atoms with Crippen LogP contribution >= 0.6 is 11.3 Å². The minimum absolute atomic E-state index is 0.869. The van der Waals surface area contributed by atoms with Gasteiger partial charge in [-0.1, -0.05) is 133 Å². The van der Waals surface area contributed by atoms with E-state index in [4.69, 9.17) is 4.42 Å². The summed E-state index contributed by atoms with van der Waals surface area (Å²) >= 11 is 1.86. The van der Waals surface area contributed by atoms with Gasteiger partial charge in [0.2, 0.25) is 0 Å². The molecule has 3 aromatic heterocycles. The van der Waals surface area contributed by atoms with Crippen molar-refractivity contribution in [3.63, 3.8) is 0 Å². The third-order valence-corrected chi connectivity index (χ3v) is 11.8. The number of anilines is 3. The van der Waals surface area contributed by atoms with Crippen molar-refractivity contribution in [2.75, 3.05) is 4.90 Å². The van der Waals surface area contributed by atoms with Crippen LogP contribution in [0.1, 0.15) is 0 Å². The van der Waals surface area contributed by atoms with Crippen molar-refractivity contribution in [1.82, 2.24) is 4.57 Å². The normalized spacial score (nSPS) is 11.7. The molecule has 0 N–H and O–H groups in total. The van der Waals surface area contributed by atoms with Crippen molar-refractivity contribution in [1.29, 1.82) is 0 Å². The summed E-state index contributed by atoms with van der Waals surface area (Å²) in [6.07, 6.45) is 0. The number of furan rings is 1. The van der Waals surface area contributed by atoms with E-state index < -0.39 is 0 Å². The summed E-state index contributed by atoms with van der Waals surface area (Å²) in [6.45, 7) is 0. The van der Waals surface area contributed by atoms with Crippen molar-refractivity contribution < 1.29 is 4.42 Å². The number of thiophene rings is 1. The quantitative estimate of drug-likeness (QED) is 0.171. The monoisotopic (exact) mass is 708 g/mol. The maximum Gasteiger partial charge on any atom is 0.159 e. The van der Waals surface area contributed by atoms with E-state index in [1.54, 1.807) is 0 Å². The molecule has 0 saturated carbocycles. The Morgan fingerprint density at radius 3 is 1.83 bits per heavy atom. The van der Waals surface area contributed by atoms with Gasteiger partial charge in [-0.15, -0.1) is 11.3 Å². The first-order valence-electron chi connectivity index (χ1n) is 18.3. The van der Waals surface area contributed by atoms with Crippen LogP contribution in [0.4, 0.5) is 17.1 Å². The minimum atomic E-state index is 0.869. The lowest BCUT2D eigenvalue weighted by atomic mass is 9.98. The Labute approximate surface area is 316 Å². The van der Waals surface area contributed by atoms with Crippen molar-refractivity contribution in [2.24, 2.45) is 0 Å². The van der Waals surface area contributed by atoms with Gasteiger partial charge in [-0.05, 0) is 82.9 Å². The molecule has 0 spiro atoms. The smallest absolute Gasteiger partial charge is 0.159 e. The zero-order chi connectivity index (χ0) is 35.6. The number of nitrogens with zero attached hydrogens (tertiary/aromatic N) is 2. The van der Waals surface area contributed by atoms with Crippen molar-refractivity contribution in [3.05, 3.63) is 194 Å². The maximum atomic E-state index is 6.61. The minimum Gasteiger partial charge on any atom is -0.454 e. The second kappa shape index (κ2) is 12.4. The molecule has 0 aliphatic heterocycles. The Morgan fingerprint density at radius 2 is 1.06 bits per heavy atom. The average Bonchev–Trinajstić information content (AvgIpc) is 3.91. The van der Waals surface area contributed by atoms with E-state index in [0.29, 0.717) is 0 Å². The molecule has 0 amide bonds. The van der Waals surface area contributed by atoms with Crippen LogP contribution in [0.3, 0.4) is 0 Å². The summed E-state index contributed by atoms with van der Waals surface area (Å²) in [4.78, 5) is 3.59. The zero-order valence-electron chi connectivity index (χ0n) is 29.2. The van der Waals surface area contributed by atoms with Crippen LogP contribution in [0.25, 0.3) is 81.1 Å². The van der Waals surface area contributed by atoms with Gasteiger partial charge in [-0.25, -0.2) is 0 Å². The van der Waals surface area contributed by atoms with E-state index in [0.717, 1.165) is 39.0 Å². The second-order valence-electron chi connectivity index (χ2n) is 13.7. The van der Waals surface area contributed by atoms with Gasteiger partial charge >= 0.3 is 0 Å². The molecule has 4 heteroatoms. The van der Waals surface area contributed by atoms with Gasteiger partial charge in [0.1, 0.15) is 10.4 Å². The molecule has 0 aliphatic rings. The maximum absolute atomic E-state index is 6.61. The van der Waals surface area contributed by atoms with E-state index in [2.05, 4.69) is 191 Å². The summed E-state index contributed by atoms with van der Waals surface area (Å²) in [7, 11) is 0. The van der Waals surface area contributed by atoms with Gasteiger partial charge < -0.3 is 13.9 Å². The summed E-state index contributed by atoms with van der Waals surface area (Å²) in [6, 6.07) is 69.4. The number of rotatable bonds is 6. The predicted octanol–water partition coefficient (Wildman–Crippen LogP) is 14.7. The lowest BCUT2D eigenvalue weighted by Gasteiger charge is -2.26. The molecule has 0 bridgehead atoms. The molecule has 0 radical (unpaired) electrons. The lowest BCUT2D eigenvalue weighted by Crippen LogP contribution is -2.10. The molecule has 11 aromatic rings. The Balaban J connectivity index is 1.09. The SMILES string of the molecule is c1ccc(-c2ccc(N(c3ccc(-c4cccc5c4c4c6ccccc6sc4n5-c4ccccc4)cc3)c3cccc4c3oc3ccccc34)cc2)cc1. The lowest BCUT2D eigenvalue weighted by molar-refractivity contribution is 0.669. The van der Waals surface area contributed by atoms with E-state index in [1.807, 2.05) is 23.5 Å². The molecule has 0 atom stereocenters. The standard InChI is InChI=1S/C50H32N2OS/c1-3-13-33(14-4-1)34-25-29-37(30-26-34)51(44-22-12-20-41-40-17-7-9-23-45(40)53-49(41)44)38-31-27-35(28-32-38)39-19-11-21-43-47(39)48-42-18-8-10-24-46(42)54-50(48)52(43)36-15-5-2-6-16-36/h1-32H. The largest absolute Gasteiger partial charge is 0.454 e. The number of fused-ring (bicyclic) bond motifs is 8. The molecule has 0 unspecified atom stereocenters. The fraction of sp³-hybridized carbons (Fsp3) is 0. The van der Waals surface area contributed by atoms with Gasteiger partial charge in [0.15, 0.2) is 5.58 Å². The van der Waals surface area contributed by atoms with E-state index >= 15 is 0 Å². The van der Waals surface area contributed by atoms with Crippen LogP contribution in [0.5, 0.6) is 0 Å². The summed E-state index contributed by atoms with van der Waals surface area (Å²) in [5.41, 5.74) is 12.0. The molecule has 54 heavy (non-hydrogen) atoms. The highest BCUT2D eigenvalue weighted by atomic mass is 32.1. The molecule has 0 fully saturated rings. The number of para-hydroxylation sites is 3. The van der Waals surface area contributed by atoms with E-state index in [9.17, 15) is 0 Å². The fourth-order valence-electron chi connectivity index (χ4n) is 8.16. The number of aromatic nitrogens is 1. The molecular formula is C50H32N2OS. The highest BCUT2D eigenvalue weighted by Gasteiger charge is 2.22. The van der Waals surface area contributed by atoms with Gasteiger partial charge in [-0.3, -0.25) is 0 Å². The Morgan fingerprint density at radius 1 is 0.444 bits per heavy atom. The van der Waals surface area contributed by atoms with Gasteiger partial charge in [-0.2, -0.15) is 0 Å². The topological polar surface area (TPSA) is 21.3 Å². The van der Waals surface area contributed by atoms with Gasteiger partial charge in [0.05, 0.1) is 11.2 Å². The van der Waals surface area contributed by atoms with Crippen LogP contribution < -0.4 is 4.90 Å². The van der Waals surface area contributed by atoms with E-state index in [-0.39, 0.29) is 0 Å². The molecule has 8 aromatic carbocycles. The fourth-order valence-corrected chi connectivity index (χ4v) is 9.41. The first-order valence-corrected chi connectivity index (χ1v) is 19.1. The number of benzene rings is 8. The van der Waals surface area contributed by atoms with Crippen LogP contribution in [-0.2, 0) is 0 Å². The molecular weight excluding hydrogens is 677 g/mol. The first-order chi connectivity index (χ1) is 26.8. The Hall–Kier alpha value is -6.88. The highest BCUT2D eigenvalue weighted by Crippen LogP contribution is 2.47. The van der Waals surface area contributed by atoms with Gasteiger partial charge in [0.25, 0.3) is 0 Å². The zero-order valence-corrected chi connectivity index (χ0v) is 30.0. The second-order valence-corrected chi connectivity index (χ2v) is 14.7. The molecule has 3 heterocycles. The molecule has 3 nitrogen and oxygen atoms in total. The van der Waals surface area contributed by atoms with Crippen molar-refractivity contribution >= 4 is 81.5 Å². The third-order valence-electron chi connectivity index (χ3n) is 10.6. The van der Waals surface area contributed by atoms with Crippen LogP contribution in [0.2, 0.25) is 0 Å². The molecule has 0 aliphatic carbocycles. The highest BCUT2D eigenvalue weighted by molar-refractivity contribution is 7.25. The average molecular weight is 709 g/mol. The molecule has 0 saturated heterocycles. The van der Waals surface area contributed by atoms with E-state index in [1.165, 1.54) is 59.1 Å². The molecule has 254 valence electrons. The third kappa shape index (κ3) is 4.81. The molecule has 11 rings (SSSR count). The van der Waals surface area contributed by atoms with Crippen LogP contribution in [0.15, 0.2) is 199 Å². The van der Waals surface area contributed by atoms with Gasteiger partial charge in [0, 0.05) is 48.7 Å². The summed E-state index contributed by atoms with van der Waals surface area (Å²) in [5.74, 6) is 0. The number of hydrogen-bond donors (Lipinski definition) is 0. The first kappa shape index (κ1) is 30.7. The summed E-state index contributed by atoms with van der Waals surface area (Å²) in [5, 5.41) is 6.11.